The Morgan fingerprint density at radius 3 is 3.00 bits per heavy atom. The van der Waals surface area contributed by atoms with Gasteiger partial charge in [-0.25, -0.2) is 0 Å². The molecule has 0 spiro atoms. The molecule has 1 aliphatic rings. The van der Waals surface area contributed by atoms with Crippen LogP contribution in [0.5, 0.6) is 0 Å². The second kappa shape index (κ2) is 6.74. The third-order valence-electron chi connectivity index (χ3n) is 2.69. The summed E-state index contributed by atoms with van der Waals surface area (Å²) in [5.41, 5.74) is 0. The fraction of sp³-hybridized carbons (Fsp3) is 1.00. The predicted molar refractivity (Wildman–Crippen MR) is 65.5 cm³/mol. The minimum atomic E-state index is -0.375. The Kier molecular flexibility index (Phi) is 5.97. The molecule has 3 nitrogen and oxygen atoms in total. The molecule has 0 aromatic heterocycles. The first-order valence-corrected chi connectivity index (χ1v) is 6.75. The minimum absolute atomic E-state index is 0.375. The Balaban J connectivity index is 2.04. The van der Waals surface area contributed by atoms with E-state index in [0.717, 1.165) is 6.54 Å². The standard InChI is InChI=1S/C11H23NO2S/c1-3-14-8-10(13)7-12-9-11(2)5-4-6-15-11/h10,12-13H,3-9H2,1-2H3. The molecule has 90 valence electrons. The molecular formula is C11H23NO2S. The summed E-state index contributed by atoms with van der Waals surface area (Å²) in [5.74, 6) is 1.28. The number of thioether (sulfide) groups is 1. The SMILES string of the molecule is CCOCC(O)CNCC1(C)CCCS1. The van der Waals surface area contributed by atoms with E-state index in [-0.39, 0.29) is 6.10 Å². The van der Waals surface area contributed by atoms with Crippen molar-refractivity contribution in [2.75, 3.05) is 32.1 Å². The van der Waals surface area contributed by atoms with E-state index in [1.165, 1.54) is 18.6 Å². The van der Waals surface area contributed by atoms with Crippen LogP contribution in [0.3, 0.4) is 0 Å². The van der Waals surface area contributed by atoms with Crippen LogP contribution in [0, 0.1) is 0 Å². The third kappa shape index (κ3) is 5.20. The Labute approximate surface area is 97.0 Å². The van der Waals surface area contributed by atoms with E-state index in [9.17, 15) is 5.11 Å². The smallest absolute Gasteiger partial charge is 0.0897 e. The molecule has 0 amide bonds. The van der Waals surface area contributed by atoms with Crippen molar-refractivity contribution < 1.29 is 9.84 Å². The van der Waals surface area contributed by atoms with E-state index in [4.69, 9.17) is 4.74 Å². The Morgan fingerprint density at radius 2 is 2.40 bits per heavy atom. The van der Waals surface area contributed by atoms with Gasteiger partial charge in [0.2, 0.25) is 0 Å². The molecule has 0 bridgehead atoms. The fourth-order valence-corrected chi connectivity index (χ4v) is 3.07. The summed E-state index contributed by atoms with van der Waals surface area (Å²) >= 11 is 2.04. The van der Waals surface area contributed by atoms with Crippen LogP contribution in [0.2, 0.25) is 0 Å². The summed E-state index contributed by atoms with van der Waals surface area (Å²) < 4.78 is 5.53. The van der Waals surface area contributed by atoms with Crippen LogP contribution in [0.25, 0.3) is 0 Å². The predicted octanol–water partition coefficient (Wildman–Crippen LogP) is 1.26. The van der Waals surface area contributed by atoms with Crippen molar-refractivity contribution in [3.8, 4) is 0 Å². The van der Waals surface area contributed by atoms with Gasteiger partial charge in [0.25, 0.3) is 0 Å². The monoisotopic (exact) mass is 233 g/mol. The Bertz CT molecular complexity index is 172. The number of rotatable bonds is 7. The molecule has 1 rings (SSSR count). The van der Waals surface area contributed by atoms with Crippen molar-refractivity contribution in [3.63, 3.8) is 0 Å². The van der Waals surface area contributed by atoms with Crippen molar-refractivity contribution in [1.82, 2.24) is 5.32 Å². The first-order chi connectivity index (χ1) is 7.16. The van der Waals surface area contributed by atoms with Crippen molar-refractivity contribution >= 4 is 11.8 Å². The fourth-order valence-electron chi connectivity index (χ4n) is 1.79. The molecule has 0 saturated carbocycles. The molecule has 1 aliphatic heterocycles. The van der Waals surface area contributed by atoms with E-state index >= 15 is 0 Å². The lowest BCUT2D eigenvalue weighted by Gasteiger charge is -2.23. The van der Waals surface area contributed by atoms with Crippen LogP contribution < -0.4 is 5.32 Å². The number of ether oxygens (including phenoxy) is 1. The van der Waals surface area contributed by atoms with Crippen molar-refractivity contribution in [1.29, 1.82) is 0 Å². The lowest BCUT2D eigenvalue weighted by Crippen LogP contribution is -2.38. The number of nitrogens with one attached hydrogen (secondary N) is 1. The van der Waals surface area contributed by atoms with E-state index in [2.05, 4.69) is 12.2 Å². The molecule has 1 fully saturated rings. The Morgan fingerprint density at radius 1 is 1.60 bits per heavy atom. The quantitative estimate of drug-likeness (QED) is 0.694. The number of hydrogen-bond acceptors (Lipinski definition) is 4. The van der Waals surface area contributed by atoms with Crippen LogP contribution in [-0.2, 0) is 4.74 Å². The van der Waals surface area contributed by atoms with Gasteiger partial charge in [-0.2, -0.15) is 11.8 Å². The van der Waals surface area contributed by atoms with Gasteiger partial charge in [0.15, 0.2) is 0 Å². The number of aliphatic hydroxyl groups is 1. The minimum Gasteiger partial charge on any atom is -0.389 e. The normalized spacial score (nSPS) is 28.2. The van der Waals surface area contributed by atoms with Gasteiger partial charge in [-0.3, -0.25) is 0 Å². The van der Waals surface area contributed by atoms with Gasteiger partial charge in [-0.1, -0.05) is 0 Å². The van der Waals surface area contributed by atoms with Gasteiger partial charge < -0.3 is 15.2 Å². The lowest BCUT2D eigenvalue weighted by molar-refractivity contribution is 0.0427. The zero-order chi connectivity index (χ0) is 11.1. The summed E-state index contributed by atoms with van der Waals surface area (Å²) in [6, 6.07) is 0. The second-order valence-electron chi connectivity index (χ2n) is 4.35. The highest BCUT2D eigenvalue weighted by atomic mass is 32.2. The maximum absolute atomic E-state index is 9.54. The maximum atomic E-state index is 9.54. The van der Waals surface area contributed by atoms with Crippen LogP contribution >= 0.6 is 11.8 Å². The number of hydrogen-bond donors (Lipinski definition) is 2. The molecule has 15 heavy (non-hydrogen) atoms. The molecule has 0 aromatic rings. The van der Waals surface area contributed by atoms with Gasteiger partial charge >= 0.3 is 0 Å². The topological polar surface area (TPSA) is 41.5 Å². The van der Waals surface area contributed by atoms with Crippen LogP contribution in [0.15, 0.2) is 0 Å². The zero-order valence-corrected chi connectivity index (χ0v) is 10.6. The van der Waals surface area contributed by atoms with Gasteiger partial charge in [-0.05, 0) is 32.4 Å². The van der Waals surface area contributed by atoms with Crippen LogP contribution in [0.1, 0.15) is 26.7 Å². The van der Waals surface area contributed by atoms with Gasteiger partial charge in [0.05, 0.1) is 12.7 Å². The third-order valence-corrected chi connectivity index (χ3v) is 4.23. The van der Waals surface area contributed by atoms with E-state index in [1.54, 1.807) is 0 Å². The maximum Gasteiger partial charge on any atom is 0.0897 e. The molecular weight excluding hydrogens is 210 g/mol. The molecule has 0 aliphatic carbocycles. The molecule has 2 atom stereocenters. The van der Waals surface area contributed by atoms with Gasteiger partial charge in [0, 0.05) is 24.4 Å². The number of aliphatic hydroxyl groups excluding tert-OH is 1. The van der Waals surface area contributed by atoms with E-state index < -0.39 is 0 Å². The van der Waals surface area contributed by atoms with Gasteiger partial charge in [-0.15, -0.1) is 0 Å². The molecule has 1 saturated heterocycles. The van der Waals surface area contributed by atoms with Crippen molar-refractivity contribution in [2.24, 2.45) is 0 Å². The molecule has 4 heteroatoms. The lowest BCUT2D eigenvalue weighted by atomic mass is 10.1. The first kappa shape index (κ1) is 13.3. The van der Waals surface area contributed by atoms with Crippen LogP contribution in [-0.4, -0.2) is 48.0 Å². The summed E-state index contributed by atoms with van der Waals surface area (Å²) in [4.78, 5) is 0. The largest absolute Gasteiger partial charge is 0.389 e. The summed E-state index contributed by atoms with van der Waals surface area (Å²) in [6.07, 6.45) is 2.23. The van der Waals surface area contributed by atoms with Crippen molar-refractivity contribution in [3.05, 3.63) is 0 Å². The highest BCUT2D eigenvalue weighted by molar-refractivity contribution is 8.00. The highest BCUT2D eigenvalue weighted by Crippen LogP contribution is 2.36. The van der Waals surface area contributed by atoms with E-state index in [0.29, 0.717) is 24.5 Å². The molecule has 2 N–H and O–H groups in total. The van der Waals surface area contributed by atoms with Crippen molar-refractivity contribution in [2.45, 2.75) is 37.5 Å². The van der Waals surface area contributed by atoms with Gasteiger partial charge in [0.1, 0.15) is 0 Å². The van der Waals surface area contributed by atoms with Crippen LogP contribution in [0.4, 0.5) is 0 Å². The Hall–Kier alpha value is 0.230. The average molecular weight is 233 g/mol. The molecule has 0 radical (unpaired) electrons. The zero-order valence-electron chi connectivity index (χ0n) is 9.79. The second-order valence-corrected chi connectivity index (χ2v) is 6.03. The molecule has 2 unspecified atom stereocenters. The average Bonchev–Trinajstić information content (AvgIpc) is 2.62. The summed E-state index contributed by atoms with van der Waals surface area (Å²) in [7, 11) is 0. The molecule has 1 heterocycles. The van der Waals surface area contributed by atoms with E-state index in [1.807, 2.05) is 18.7 Å². The summed E-state index contributed by atoms with van der Waals surface area (Å²) in [5, 5.41) is 12.9. The summed E-state index contributed by atoms with van der Waals surface area (Å²) in [6.45, 7) is 6.97. The first-order valence-electron chi connectivity index (χ1n) is 5.77. The molecule has 0 aromatic carbocycles. The highest BCUT2D eigenvalue weighted by Gasteiger charge is 2.28.